The minimum atomic E-state index is 0.149. The van der Waals surface area contributed by atoms with Gasteiger partial charge >= 0.3 is 0 Å². The first-order chi connectivity index (χ1) is 11.1. The highest BCUT2D eigenvalue weighted by atomic mass is 32.1. The minimum absolute atomic E-state index is 0.149. The molecule has 0 aliphatic carbocycles. The Bertz CT molecular complexity index is 913. The van der Waals surface area contributed by atoms with Crippen LogP contribution in [-0.2, 0) is 11.2 Å². The zero-order valence-corrected chi connectivity index (χ0v) is 13.9. The summed E-state index contributed by atoms with van der Waals surface area (Å²) in [6.45, 7) is 2.10. The first-order valence-electron chi connectivity index (χ1n) is 7.55. The van der Waals surface area contributed by atoms with E-state index in [2.05, 4.69) is 30.5 Å². The van der Waals surface area contributed by atoms with Crippen molar-refractivity contribution in [2.45, 2.75) is 13.3 Å². The number of amides is 1. The number of carbonyl (C=O) groups excluding carboxylic acids is 1. The highest BCUT2D eigenvalue weighted by Crippen LogP contribution is 2.34. The number of aromatic nitrogens is 1. The molecule has 3 aromatic rings. The maximum atomic E-state index is 11.8. The molecule has 4 heteroatoms. The van der Waals surface area contributed by atoms with Gasteiger partial charge in [0, 0.05) is 29.2 Å². The van der Waals surface area contributed by atoms with Crippen LogP contribution < -0.4 is 4.90 Å². The number of anilines is 1. The molecule has 3 nitrogen and oxygen atoms in total. The molecule has 0 N–H and O–H groups in total. The zero-order chi connectivity index (χ0) is 16.0. The smallest absolute Gasteiger partial charge is 0.231 e. The van der Waals surface area contributed by atoms with E-state index in [1.807, 2.05) is 31.3 Å². The van der Waals surface area contributed by atoms with Crippen molar-refractivity contribution in [3.63, 3.8) is 0 Å². The quantitative estimate of drug-likeness (QED) is 0.705. The third-order valence-electron chi connectivity index (χ3n) is 4.33. The summed E-state index contributed by atoms with van der Waals surface area (Å²) >= 11 is 1.66. The van der Waals surface area contributed by atoms with Crippen LogP contribution in [0.25, 0.3) is 21.8 Å². The van der Waals surface area contributed by atoms with Crippen molar-refractivity contribution in [3.05, 3.63) is 59.0 Å². The Labute approximate surface area is 139 Å². The number of rotatable bonds is 2. The number of hydrogen-bond donors (Lipinski definition) is 0. The van der Waals surface area contributed by atoms with Crippen molar-refractivity contribution < 1.29 is 4.79 Å². The number of thiazole rings is 1. The number of carbonyl (C=O) groups is 1. The number of nitrogens with zero attached hydrogens (tertiary/aromatic N) is 2. The lowest BCUT2D eigenvalue weighted by molar-refractivity contribution is -0.117. The fraction of sp³-hybridized carbons (Fsp3) is 0.158. The van der Waals surface area contributed by atoms with E-state index in [4.69, 9.17) is 4.98 Å². The molecule has 2 aromatic carbocycles. The summed E-state index contributed by atoms with van der Waals surface area (Å²) in [5.74, 6) is 0.149. The fourth-order valence-corrected chi connectivity index (χ4v) is 3.89. The summed E-state index contributed by atoms with van der Waals surface area (Å²) < 4.78 is 0. The van der Waals surface area contributed by atoms with Gasteiger partial charge in [-0.2, -0.15) is 0 Å². The van der Waals surface area contributed by atoms with Gasteiger partial charge in [-0.15, -0.1) is 11.3 Å². The Hall–Kier alpha value is -2.46. The largest absolute Gasteiger partial charge is 0.315 e. The van der Waals surface area contributed by atoms with Crippen molar-refractivity contribution >= 4 is 22.9 Å². The van der Waals surface area contributed by atoms with Gasteiger partial charge in [-0.25, -0.2) is 4.98 Å². The first-order valence-corrected chi connectivity index (χ1v) is 8.43. The third kappa shape index (κ3) is 2.35. The van der Waals surface area contributed by atoms with Crippen LogP contribution in [0.15, 0.2) is 47.8 Å². The van der Waals surface area contributed by atoms with Crippen LogP contribution in [0.5, 0.6) is 0 Å². The van der Waals surface area contributed by atoms with Gasteiger partial charge in [-0.05, 0) is 30.2 Å². The fourth-order valence-electron chi connectivity index (χ4n) is 2.97. The van der Waals surface area contributed by atoms with Crippen LogP contribution in [-0.4, -0.2) is 17.9 Å². The summed E-state index contributed by atoms with van der Waals surface area (Å²) in [5.41, 5.74) is 6.55. The SMILES string of the molecule is Cc1ccccc1-c1nc(-c2ccc3c(c2)CC(=O)N3C)cs1. The number of likely N-dealkylation sites (N-methyl/N-ethyl adjacent to an activating group) is 1. The maximum absolute atomic E-state index is 11.8. The van der Waals surface area contributed by atoms with Crippen molar-refractivity contribution in [2.24, 2.45) is 0 Å². The highest BCUT2D eigenvalue weighted by Gasteiger charge is 2.24. The van der Waals surface area contributed by atoms with Gasteiger partial charge in [0.25, 0.3) is 0 Å². The molecule has 1 aliphatic heterocycles. The van der Waals surface area contributed by atoms with E-state index in [0.29, 0.717) is 6.42 Å². The molecule has 0 saturated heterocycles. The average molecular weight is 320 g/mol. The lowest BCUT2D eigenvalue weighted by Gasteiger charge is -2.09. The van der Waals surface area contributed by atoms with Gasteiger partial charge in [0.15, 0.2) is 0 Å². The summed E-state index contributed by atoms with van der Waals surface area (Å²) in [6.07, 6.45) is 0.481. The molecule has 0 bridgehead atoms. The van der Waals surface area contributed by atoms with Crippen molar-refractivity contribution in [2.75, 3.05) is 11.9 Å². The molecule has 0 saturated carbocycles. The monoisotopic (exact) mass is 320 g/mol. The predicted octanol–water partition coefficient (Wildman–Crippen LogP) is 4.30. The molecule has 0 atom stereocenters. The Morgan fingerprint density at radius 2 is 2.00 bits per heavy atom. The summed E-state index contributed by atoms with van der Waals surface area (Å²) in [7, 11) is 1.83. The van der Waals surface area contributed by atoms with Crippen molar-refractivity contribution in [3.8, 4) is 21.8 Å². The lowest BCUT2D eigenvalue weighted by Crippen LogP contribution is -2.20. The van der Waals surface area contributed by atoms with Crippen LogP contribution in [0.3, 0.4) is 0 Å². The molecule has 0 fully saturated rings. The Morgan fingerprint density at radius 1 is 1.17 bits per heavy atom. The van der Waals surface area contributed by atoms with E-state index in [9.17, 15) is 4.79 Å². The standard InChI is InChI=1S/C19H16N2OS/c1-12-5-3-4-6-15(12)19-20-16(11-23-19)13-7-8-17-14(9-13)10-18(22)21(17)2/h3-9,11H,10H2,1-2H3. The summed E-state index contributed by atoms with van der Waals surface area (Å²) in [4.78, 5) is 18.3. The van der Waals surface area contributed by atoms with E-state index in [1.54, 1.807) is 16.2 Å². The van der Waals surface area contributed by atoms with Crippen LogP contribution in [0.2, 0.25) is 0 Å². The lowest BCUT2D eigenvalue weighted by atomic mass is 10.1. The molecule has 0 unspecified atom stereocenters. The van der Waals surface area contributed by atoms with Crippen LogP contribution >= 0.6 is 11.3 Å². The van der Waals surface area contributed by atoms with Gasteiger partial charge in [0.2, 0.25) is 5.91 Å². The van der Waals surface area contributed by atoms with Crippen LogP contribution in [0.4, 0.5) is 5.69 Å². The number of fused-ring (bicyclic) bond motifs is 1. The number of hydrogen-bond acceptors (Lipinski definition) is 3. The molecule has 1 aliphatic rings. The molecule has 23 heavy (non-hydrogen) atoms. The van der Waals surface area contributed by atoms with Gasteiger partial charge in [-0.1, -0.05) is 30.3 Å². The molecular formula is C19H16N2OS. The normalized spacial score (nSPS) is 13.5. The van der Waals surface area contributed by atoms with Crippen molar-refractivity contribution in [1.29, 1.82) is 0 Å². The van der Waals surface area contributed by atoms with E-state index >= 15 is 0 Å². The molecular weight excluding hydrogens is 304 g/mol. The Kier molecular flexibility index (Phi) is 3.27. The van der Waals surface area contributed by atoms with Crippen molar-refractivity contribution in [1.82, 2.24) is 4.98 Å². The van der Waals surface area contributed by atoms with Gasteiger partial charge in [-0.3, -0.25) is 4.79 Å². The molecule has 4 rings (SSSR count). The third-order valence-corrected chi connectivity index (χ3v) is 5.21. The Balaban J connectivity index is 1.72. The van der Waals surface area contributed by atoms with E-state index in [0.717, 1.165) is 27.5 Å². The van der Waals surface area contributed by atoms with Gasteiger partial charge in [0.1, 0.15) is 5.01 Å². The van der Waals surface area contributed by atoms with Crippen LogP contribution in [0.1, 0.15) is 11.1 Å². The molecule has 0 radical (unpaired) electrons. The van der Waals surface area contributed by atoms with E-state index in [1.165, 1.54) is 11.1 Å². The zero-order valence-electron chi connectivity index (χ0n) is 13.0. The Morgan fingerprint density at radius 3 is 2.83 bits per heavy atom. The predicted molar refractivity (Wildman–Crippen MR) is 94.8 cm³/mol. The van der Waals surface area contributed by atoms with E-state index in [-0.39, 0.29) is 5.91 Å². The second-order valence-electron chi connectivity index (χ2n) is 5.83. The topological polar surface area (TPSA) is 33.2 Å². The number of benzene rings is 2. The molecule has 114 valence electrons. The molecule has 2 heterocycles. The second kappa shape index (κ2) is 5.32. The molecule has 1 aromatic heterocycles. The highest BCUT2D eigenvalue weighted by molar-refractivity contribution is 7.13. The minimum Gasteiger partial charge on any atom is -0.315 e. The number of aryl methyl sites for hydroxylation is 1. The molecule has 1 amide bonds. The molecule has 0 spiro atoms. The second-order valence-corrected chi connectivity index (χ2v) is 6.68. The summed E-state index contributed by atoms with van der Waals surface area (Å²) in [6, 6.07) is 14.4. The first kappa shape index (κ1) is 14.2. The van der Waals surface area contributed by atoms with Gasteiger partial charge < -0.3 is 4.90 Å². The maximum Gasteiger partial charge on any atom is 0.231 e. The van der Waals surface area contributed by atoms with E-state index < -0.39 is 0 Å². The van der Waals surface area contributed by atoms with Gasteiger partial charge in [0.05, 0.1) is 12.1 Å². The average Bonchev–Trinajstić information content (AvgIpc) is 3.14. The van der Waals surface area contributed by atoms with Crippen LogP contribution in [0, 0.1) is 6.92 Å². The summed E-state index contributed by atoms with van der Waals surface area (Å²) in [5, 5.41) is 3.12.